The number of fused-ring (bicyclic) bond motifs is 1. The standard InChI is InChI=1S/C19H25N3O2S/c1-14-9-18-19(24-8-7-23-18)10-16(14)11-21-3-5-22(6-4-21)12-17-13-25-15(2)20-17/h9-10,13H,3-8,11-12H2,1-2H3. The Labute approximate surface area is 153 Å². The molecule has 2 aliphatic rings. The van der Waals surface area contributed by atoms with Gasteiger partial charge in [0.15, 0.2) is 11.5 Å². The van der Waals surface area contributed by atoms with Gasteiger partial charge in [-0.2, -0.15) is 0 Å². The van der Waals surface area contributed by atoms with Crippen molar-refractivity contribution in [3.8, 4) is 11.5 Å². The van der Waals surface area contributed by atoms with Crippen molar-refractivity contribution >= 4 is 11.3 Å². The van der Waals surface area contributed by atoms with Crippen LogP contribution in [0.25, 0.3) is 0 Å². The van der Waals surface area contributed by atoms with Crippen LogP contribution in [0.15, 0.2) is 17.5 Å². The van der Waals surface area contributed by atoms with Gasteiger partial charge in [0.25, 0.3) is 0 Å². The molecule has 2 aliphatic heterocycles. The first-order chi connectivity index (χ1) is 12.2. The molecular formula is C19H25N3O2S. The Kier molecular flexibility index (Phi) is 4.92. The highest BCUT2D eigenvalue weighted by Gasteiger charge is 2.20. The van der Waals surface area contributed by atoms with E-state index >= 15 is 0 Å². The Hall–Kier alpha value is -1.63. The minimum absolute atomic E-state index is 0.643. The first-order valence-electron chi connectivity index (χ1n) is 8.92. The molecule has 1 saturated heterocycles. The summed E-state index contributed by atoms with van der Waals surface area (Å²) in [5, 5.41) is 3.34. The second-order valence-corrected chi connectivity index (χ2v) is 7.89. The van der Waals surface area contributed by atoms with Crippen molar-refractivity contribution in [1.82, 2.24) is 14.8 Å². The van der Waals surface area contributed by atoms with E-state index in [9.17, 15) is 0 Å². The van der Waals surface area contributed by atoms with Gasteiger partial charge in [-0.05, 0) is 37.1 Å². The molecule has 1 fully saturated rings. The fourth-order valence-corrected chi connectivity index (χ4v) is 4.06. The first-order valence-corrected chi connectivity index (χ1v) is 9.80. The number of aryl methyl sites for hydroxylation is 2. The molecule has 6 heteroatoms. The molecule has 0 radical (unpaired) electrons. The summed E-state index contributed by atoms with van der Waals surface area (Å²) in [6.07, 6.45) is 0. The van der Waals surface area contributed by atoms with E-state index in [-0.39, 0.29) is 0 Å². The van der Waals surface area contributed by atoms with Gasteiger partial charge in [0.1, 0.15) is 13.2 Å². The highest BCUT2D eigenvalue weighted by Crippen LogP contribution is 2.33. The van der Waals surface area contributed by atoms with E-state index in [2.05, 4.69) is 46.1 Å². The van der Waals surface area contributed by atoms with Crippen LogP contribution in [0.4, 0.5) is 0 Å². The normalized spacial score (nSPS) is 18.5. The van der Waals surface area contributed by atoms with Crippen molar-refractivity contribution in [2.24, 2.45) is 0 Å². The van der Waals surface area contributed by atoms with Crippen LogP contribution < -0.4 is 9.47 Å². The van der Waals surface area contributed by atoms with E-state index in [1.165, 1.54) is 16.8 Å². The number of aromatic nitrogens is 1. The van der Waals surface area contributed by atoms with Crippen LogP contribution in [-0.2, 0) is 13.1 Å². The van der Waals surface area contributed by atoms with E-state index in [1.807, 2.05) is 0 Å². The summed E-state index contributed by atoms with van der Waals surface area (Å²) in [6, 6.07) is 4.28. The number of hydrogen-bond acceptors (Lipinski definition) is 6. The predicted octanol–water partition coefficient (Wildman–Crippen LogP) is 2.85. The number of piperazine rings is 1. The first kappa shape index (κ1) is 16.8. The van der Waals surface area contributed by atoms with Crippen molar-refractivity contribution in [3.63, 3.8) is 0 Å². The molecule has 1 aromatic carbocycles. The zero-order valence-corrected chi connectivity index (χ0v) is 15.8. The van der Waals surface area contributed by atoms with Gasteiger partial charge in [0.2, 0.25) is 0 Å². The van der Waals surface area contributed by atoms with Crippen LogP contribution in [-0.4, -0.2) is 54.2 Å². The molecule has 4 rings (SSSR count). The van der Waals surface area contributed by atoms with E-state index < -0.39 is 0 Å². The Morgan fingerprint density at radius 3 is 2.24 bits per heavy atom. The van der Waals surface area contributed by atoms with Gasteiger partial charge in [-0.25, -0.2) is 4.98 Å². The Bertz CT molecular complexity index is 738. The number of ether oxygens (including phenoxy) is 2. The van der Waals surface area contributed by atoms with Gasteiger partial charge in [-0.3, -0.25) is 9.80 Å². The predicted molar refractivity (Wildman–Crippen MR) is 99.6 cm³/mol. The summed E-state index contributed by atoms with van der Waals surface area (Å²) in [7, 11) is 0. The number of rotatable bonds is 4. The van der Waals surface area contributed by atoms with Crippen LogP contribution in [0.3, 0.4) is 0 Å². The molecule has 0 spiro atoms. The Morgan fingerprint density at radius 1 is 0.960 bits per heavy atom. The summed E-state index contributed by atoms with van der Waals surface area (Å²) in [5.41, 5.74) is 3.83. The Balaban J connectivity index is 1.34. The molecule has 0 atom stereocenters. The lowest BCUT2D eigenvalue weighted by atomic mass is 10.1. The molecule has 0 bridgehead atoms. The molecule has 0 unspecified atom stereocenters. The molecule has 0 aliphatic carbocycles. The average Bonchev–Trinajstić information content (AvgIpc) is 3.02. The van der Waals surface area contributed by atoms with E-state index in [0.29, 0.717) is 13.2 Å². The fraction of sp³-hybridized carbons (Fsp3) is 0.526. The van der Waals surface area contributed by atoms with Crippen LogP contribution in [0.1, 0.15) is 21.8 Å². The van der Waals surface area contributed by atoms with Crippen molar-refractivity contribution in [2.45, 2.75) is 26.9 Å². The quantitative estimate of drug-likeness (QED) is 0.839. The summed E-state index contributed by atoms with van der Waals surface area (Å²) in [4.78, 5) is 9.61. The number of thiazole rings is 1. The highest BCUT2D eigenvalue weighted by molar-refractivity contribution is 7.09. The third kappa shape index (κ3) is 3.97. The largest absolute Gasteiger partial charge is 0.486 e. The SMILES string of the molecule is Cc1nc(CN2CCN(Cc3cc4c(cc3C)OCCO4)CC2)cs1. The van der Waals surface area contributed by atoms with Crippen LogP contribution in [0.5, 0.6) is 11.5 Å². The molecule has 25 heavy (non-hydrogen) atoms. The summed E-state index contributed by atoms with van der Waals surface area (Å²) >= 11 is 1.74. The lowest BCUT2D eigenvalue weighted by molar-refractivity contribution is 0.120. The van der Waals surface area contributed by atoms with Gasteiger partial charge in [0.05, 0.1) is 10.7 Å². The van der Waals surface area contributed by atoms with Crippen LogP contribution >= 0.6 is 11.3 Å². The summed E-state index contributed by atoms with van der Waals surface area (Å²) < 4.78 is 11.4. The van der Waals surface area contributed by atoms with Crippen molar-refractivity contribution in [3.05, 3.63) is 39.3 Å². The van der Waals surface area contributed by atoms with Gasteiger partial charge in [0, 0.05) is 44.6 Å². The molecule has 134 valence electrons. The molecule has 1 aromatic heterocycles. The minimum atomic E-state index is 0.643. The molecule has 2 aromatic rings. The number of hydrogen-bond donors (Lipinski definition) is 0. The maximum absolute atomic E-state index is 5.74. The zero-order chi connectivity index (χ0) is 17.2. The second kappa shape index (κ2) is 7.32. The summed E-state index contributed by atoms with van der Waals surface area (Å²) in [6.45, 7) is 11.9. The van der Waals surface area contributed by atoms with Crippen molar-refractivity contribution < 1.29 is 9.47 Å². The third-order valence-corrected chi connectivity index (χ3v) is 5.73. The van der Waals surface area contributed by atoms with Gasteiger partial charge in [-0.15, -0.1) is 11.3 Å². The minimum Gasteiger partial charge on any atom is -0.486 e. The highest BCUT2D eigenvalue weighted by atomic mass is 32.1. The lowest BCUT2D eigenvalue weighted by Gasteiger charge is -2.34. The fourth-order valence-electron chi connectivity index (χ4n) is 3.46. The smallest absolute Gasteiger partial charge is 0.161 e. The third-order valence-electron chi connectivity index (χ3n) is 4.91. The average molecular weight is 359 g/mol. The second-order valence-electron chi connectivity index (χ2n) is 6.83. The molecule has 0 N–H and O–H groups in total. The lowest BCUT2D eigenvalue weighted by Crippen LogP contribution is -2.45. The van der Waals surface area contributed by atoms with Crippen LogP contribution in [0.2, 0.25) is 0 Å². The molecular weight excluding hydrogens is 334 g/mol. The van der Waals surface area contributed by atoms with Gasteiger partial charge < -0.3 is 9.47 Å². The Morgan fingerprint density at radius 2 is 1.60 bits per heavy atom. The van der Waals surface area contributed by atoms with Crippen molar-refractivity contribution in [2.75, 3.05) is 39.4 Å². The monoisotopic (exact) mass is 359 g/mol. The van der Waals surface area contributed by atoms with Crippen molar-refractivity contribution in [1.29, 1.82) is 0 Å². The van der Waals surface area contributed by atoms with E-state index in [0.717, 1.165) is 55.8 Å². The van der Waals surface area contributed by atoms with E-state index in [1.54, 1.807) is 11.3 Å². The van der Waals surface area contributed by atoms with Gasteiger partial charge in [-0.1, -0.05) is 0 Å². The molecule has 5 nitrogen and oxygen atoms in total. The van der Waals surface area contributed by atoms with Gasteiger partial charge >= 0.3 is 0 Å². The van der Waals surface area contributed by atoms with Crippen LogP contribution in [0, 0.1) is 13.8 Å². The maximum atomic E-state index is 5.74. The molecule has 0 saturated carbocycles. The number of nitrogens with zero attached hydrogens (tertiary/aromatic N) is 3. The molecule has 0 amide bonds. The topological polar surface area (TPSA) is 37.8 Å². The zero-order valence-electron chi connectivity index (χ0n) is 15.0. The summed E-state index contributed by atoms with van der Waals surface area (Å²) in [5.74, 6) is 1.78. The van der Waals surface area contributed by atoms with E-state index in [4.69, 9.17) is 9.47 Å². The molecule has 3 heterocycles. The maximum Gasteiger partial charge on any atom is 0.161 e. The number of benzene rings is 1.